The Morgan fingerprint density at radius 2 is 1.76 bits per heavy atom. The molecule has 0 heterocycles. The van der Waals surface area contributed by atoms with Gasteiger partial charge >= 0.3 is 0 Å². The number of hydrogen-bond donors (Lipinski definition) is 1. The Hall–Kier alpha value is -0.850. The third-order valence-corrected chi connectivity index (χ3v) is 2.42. The van der Waals surface area contributed by atoms with E-state index in [1.165, 1.54) is 12.1 Å². The lowest BCUT2D eigenvalue weighted by Gasteiger charge is -2.19. The van der Waals surface area contributed by atoms with E-state index in [0.29, 0.717) is 12.5 Å². The lowest BCUT2D eigenvalue weighted by molar-refractivity contribution is 0.458. The molecular formula is C12H19FIN3. The van der Waals surface area contributed by atoms with Crippen LogP contribution in [0.2, 0.25) is 0 Å². The van der Waals surface area contributed by atoms with Crippen molar-refractivity contribution >= 4 is 29.9 Å². The first-order chi connectivity index (χ1) is 7.67. The average Bonchev–Trinajstić information content (AvgIpc) is 2.30. The van der Waals surface area contributed by atoms with Crippen molar-refractivity contribution in [1.82, 2.24) is 4.90 Å². The summed E-state index contributed by atoms with van der Waals surface area (Å²) in [6.07, 6.45) is 0. The van der Waals surface area contributed by atoms with E-state index in [1.54, 1.807) is 12.1 Å². The third-order valence-electron chi connectivity index (χ3n) is 2.42. The second kappa shape index (κ2) is 8.27. The van der Waals surface area contributed by atoms with E-state index in [9.17, 15) is 4.39 Å². The number of guanidine groups is 1. The molecule has 0 atom stereocenters. The lowest BCUT2D eigenvalue weighted by Crippen LogP contribution is -2.37. The molecule has 1 rings (SSSR count). The maximum atomic E-state index is 12.7. The summed E-state index contributed by atoms with van der Waals surface area (Å²) < 4.78 is 12.7. The predicted octanol–water partition coefficient (Wildman–Crippen LogP) is 2.60. The van der Waals surface area contributed by atoms with Crippen LogP contribution >= 0.6 is 24.0 Å². The number of hydrogen-bond acceptors (Lipinski definition) is 1. The molecule has 0 bridgehead atoms. The van der Waals surface area contributed by atoms with Crippen molar-refractivity contribution in [3.63, 3.8) is 0 Å². The first-order valence-corrected chi connectivity index (χ1v) is 5.46. The molecule has 0 aliphatic carbocycles. The smallest absolute Gasteiger partial charge is 0.191 e. The molecule has 1 aromatic rings. The molecular weight excluding hydrogens is 332 g/mol. The van der Waals surface area contributed by atoms with E-state index < -0.39 is 0 Å². The zero-order valence-electron chi connectivity index (χ0n) is 10.2. The number of benzene rings is 1. The van der Waals surface area contributed by atoms with Crippen LogP contribution in [0.4, 0.5) is 4.39 Å². The molecule has 96 valence electrons. The summed E-state index contributed by atoms with van der Waals surface area (Å²) in [4.78, 5) is 6.24. The normalized spacial score (nSPS) is 10.9. The SMILES string of the molecule is CCN(CC)C(N)=NCc1ccc(F)cc1.I. The van der Waals surface area contributed by atoms with Crippen LogP contribution in [0.3, 0.4) is 0 Å². The molecule has 0 aliphatic rings. The van der Waals surface area contributed by atoms with Gasteiger partial charge in [0.15, 0.2) is 5.96 Å². The summed E-state index contributed by atoms with van der Waals surface area (Å²) in [7, 11) is 0. The number of nitrogens with two attached hydrogens (primary N) is 1. The van der Waals surface area contributed by atoms with Crippen LogP contribution < -0.4 is 5.73 Å². The van der Waals surface area contributed by atoms with E-state index in [-0.39, 0.29) is 29.8 Å². The number of aliphatic imine (C=N–C) groups is 1. The van der Waals surface area contributed by atoms with E-state index in [1.807, 2.05) is 18.7 Å². The first kappa shape index (κ1) is 16.1. The maximum Gasteiger partial charge on any atom is 0.191 e. The maximum absolute atomic E-state index is 12.7. The zero-order valence-corrected chi connectivity index (χ0v) is 12.5. The van der Waals surface area contributed by atoms with Gasteiger partial charge in [0, 0.05) is 13.1 Å². The van der Waals surface area contributed by atoms with Crippen LogP contribution in [0, 0.1) is 5.82 Å². The largest absolute Gasteiger partial charge is 0.370 e. The van der Waals surface area contributed by atoms with Gasteiger partial charge in [0.2, 0.25) is 0 Å². The molecule has 17 heavy (non-hydrogen) atoms. The van der Waals surface area contributed by atoms with Crippen molar-refractivity contribution < 1.29 is 4.39 Å². The molecule has 0 saturated heterocycles. The molecule has 1 aromatic carbocycles. The summed E-state index contributed by atoms with van der Waals surface area (Å²) in [6, 6.07) is 6.29. The highest BCUT2D eigenvalue weighted by molar-refractivity contribution is 14.0. The lowest BCUT2D eigenvalue weighted by atomic mass is 10.2. The summed E-state index contributed by atoms with van der Waals surface area (Å²) in [6.45, 7) is 6.24. The monoisotopic (exact) mass is 351 g/mol. The van der Waals surface area contributed by atoms with Gasteiger partial charge in [0.1, 0.15) is 5.82 Å². The Kier molecular flexibility index (Phi) is 7.86. The molecule has 0 aliphatic heterocycles. The highest BCUT2D eigenvalue weighted by atomic mass is 127. The quantitative estimate of drug-likeness (QED) is 0.515. The summed E-state index contributed by atoms with van der Waals surface area (Å²) in [5.74, 6) is 0.304. The molecule has 3 nitrogen and oxygen atoms in total. The third kappa shape index (κ3) is 5.34. The predicted molar refractivity (Wildman–Crippen MR) is 80.1 cm³/mol. The number of rotatable bonds is 4. The van der Waals surface area contributed by atoms with Gasteiger partial charge < -0.3 is 10.6 Å². The summed E-state index contributed by atoms with van der Waals surface area (Å²) in [5.41, 5.74) is 6.77. The van der Waals surface area contributed by atoms with Crippen LogP contribution in [0.15, 0.2) is 29.3 Å². The molecule has 0 unspecified atom stereocenters. The minimum absolute atomic E-state index is 0. The Bertz CT molecular complexity index is 347. The van der Waals surface area contributed by atoms with Gasteiger partial charge in [-0.05, 0) is 31.5 Å². The van der Waals surface area contributed by atoms with Gasteiger partial charge in [-0.3, -0.25) is 0 Å². The highest BCUT2D eigenvalue weighted by Gasteiger charge is 2.01. The molecule has 0 amide bonds. The van der Waals surface area contributed by atoms with Crippen molar-refractivity contribution in [2.24, 2.45) is 10.7 Å². The van der Waals surface area contributed by atoms with Crippen molar-refractivity contribution in [3.8, 4) is 0 Å². The molecule has 0 spiro atoms. The van der Waals surface area contributed by atoms with Gasteiger partial charge in [-0.2, -0.15) is 0 Å². The Labute approximate surface area is 119 Å². The summed E-state index contributed by atoms with van der Waals surface area (Å²) >= 11 is 0. The van der Waals surface area contributed by atoms with E-state index >= 15 is 0 Å². The second-order valence-electron chi connectivity index (χ2n) is 3.47. The van der Waals surface area contributed by atoms with E-state index in [0.717, 1.165) is 18.7 Å². The van der Waals surface area contributed by atoms with Crippen LogP contribution in [-0.2, 0) is 6.54 Å². The zero-order chi connectivity index (χ0) is 12.0. The Morgan fingerprint density at radius 3 is 2.24 bits per heavy atom. The first-order valence-electron chi connectivity index (χ1n) is 5.46. The topological polar surface area (TPSA) is 41.6 Å². The molecule has 0 radical (unpaired) electrons. The molecule has 0 fully saturated rings. The standard InChI is InChI=1S/C12H18FN3.HI/c1-3-16(4-2)12(14)15-9-10-5-7-11(13)8-6-10;/h5-8H,3-4,9H2,1-2H3,(H2,14,15);1H. The fourth-order valence-corrected chi connectivity index (χ4v) is 1.41. The van der Waals surface area contributed by atoms with Crippen molar-refractivity contribution in [2.45, 2.75) is 20.4 Å². The summed E-state index contributed by atoms with van der Waals surface area (Å²) in [5, 5.41) is 0. The van der Waals surface area contributed by atoms with Crippen LogP contribution in [0.25, 0.3) is 0 Å². The minimum Gasteiger partial charge on any atom is -0.370 e. The average molecular weight is 351 g/mol. The van der Waals surface area contributed by atoms with E-state index in [2.05, 4.69) is 4.99 Å². The van der Waals surface area contributed by atoms with Crippen LogP contribution in [0.5, 0.6) is 0 Å². The van der Waals surface area contributed by atoms with Crippen LogP contribution in [-0.4, -0.2) is 23.9 Å². The molecule has 0 saturated carbocycles. The Morgan fingerprint density at radius 1 is 1.24 bits per heavy atom. The van der Waals surface area contributed by atoms with Crippen molar-refractivity contribution in [2.75, 3.05) is 13.1 Å². The van der Waals surface area contributed by atoms with Crippen molar-refractivity contribution in [3.05, 3.63) is 35.6 Å². The number of nitrogens with zero attached hydrogens (tertiary/aromatic N) is 2. The fourth-order valence-electron chi connectivity index (χ4n) is 1.41. The van der Waals surface area contributed by atoms with Crippen molar-refractivity contribution in [1.29, 1.82) is 0 Å². The van der Waals surface area contributed by atoms with Gasteiger partial charge in [-0.25, -0.2) is 9.38 Å². The minimum atomic E-state index is -0.232. The van der Waals surface area contributed by atoms with Gasteiger partial charge in [0.25, 0.3) is 0 Å². The van der Waals surface area contributed by atoms with E-state index in [4.69, 9.17) is 5.73 Å². The highest BCUT2D eigenvalue weighted by Crippen LogP contribution is 2.04. The second-order valence-corrected chi connectivity index (χ2v) is 3.47. The fraction of sp³-hybridized carbons (Fsp3) is 0.417. The Balaban J connectivity index is 0.00000256. The molecule has 2 N–H and O–H groups in total. The molecule has 0 aromatic heterocycles. The van der Waals surface area contributed by atoms with Crippen LogP contribution in [0.1, 0.15) is 19.4 Å². The molecule has 5 heteroatoms. The van der Waals surface area contributed by atoms with Gasteiger partial charge in [-0.1, -0.05) is 12.1 Å². The van der Waals surface area contributed by atoms with Gasteiger partial charge in [0.05, 0.1) is 6.54 Å². The van der Waals surface area contributed by atoms with Gasteiger partial charge in [-0.15, -0.1) is 24.0 Å². The number of halogens is 2.